The first-order chi connectivity index (χ1) is 7.65. The molecule has 0 aliphatic carbocycles. The highest BCUT2D eigenvalue weighted by molar-refractivity contribution is 9.10. The van der Waals surface area contributed by atoms with Crippen molar-refractivity contribution in [2.45, 2.75) is 0 Å². The molecule has 5 nitrogen and oxygen atoms in total. The van der Waals surface area contributed by atoms with Crippen LogP contribution in [0.2, 0.25) is 0 Å². The first kappa shape index (κ1) is 10.7. The predicted molar refractivity (Wildman–Crippen MR) is 65.1 cm³/mol. The Labute approximate surface area is 101 Å². The Morgan fingerprint density at radius 1 is 1.19 bits per heavy atom. The SMILES string of the molecule is Nc1ncc(Oc2cccc(Br)c2)nc1N. The molecule has 6 heteroatoms. The fourth-order valence-electron chi connectivity index (χ4n) is 1.10. The van der Waals surface area contributed by atoms with E-state index < -0.39 is 0 Å². The molecule has 2 rings (SSSR count). The molecule has 0 radical (unpaired) electrons. The Bertz CT molecular complexity index is 518. The van der Waals surface area contributed by atoms with Crippen molar-refractivity contribution in [2.75, 3.05) is 11.5 Å². The van der Waals surface area contributed by atoms with Crippen LogP contribution in [0.1, 0.15) is 0 Å². The molecule has 0 atom stereocenters. The van der Waals surface area contributed by atoms with Crippen LogP contribution >= 0.6 is 15.9 Å². The number of aromatic nitrogens is 2. The van der Waals surface area contributed by atoms with E-state index in [2.05, 4.69) is 25.9 Å². The van der Waals surface area contributed by atoms with Crippen LogP contribution in [-0.2, 0) is 0 Å². The average molecular weight is 281 g/mol. The van der Waals surface area contributed by atoms with Gasteiger partial charge in [0.1, 0.15) is 5.75 Å². The minimum Gasteiger partial charge on any atom is -0.437 e. The molecule has 1 heterocycles. The van der Waals surface area contributed by atoms with E-state index in [1.807, 2.05) is 18.2 Å². The van der Waals surface area contributed by atoms with Gasteiger partial charge in [-0.1, -0.05) is 22.0 Å². The Kier molecular flexibility index (Phi) is 2.91. The Hall–Kier alpha value is -1.82. The van der Waals surface area contributed by atoms with Crippen LogP contribution in [0, 0.1) is 0 Å². The molecule has 0 fully saturated rings. The second-order valence-electron chi connectivity index (χ2n) is 3.04. The number of hydrogen-bond donors (Lipinski definition) is 2. The molecule has 0 unspecified atom stereocenters. The zero-order valence-electron chi connectivity index (χ0n) is 8.22. The number of rotatable bonds is 2. The van der Waals surface area contributed by atoms with Gasteiger partial charge in [0, 0.05) is 4.47 Å². The largest absolute Gasteiger partial charge is 0.437 e. The number of hydrogen-bond acceptors (Lipinski definition) is 5. The van der Waals surface area contributed by atoms with E-state index >= 15 is 0 Å². The zero-order chi connectivity index (χ0) is 11.5. The van der Waals surface area contributed by atoms with Crippen molar-refractivity contribution in [1.29, 1.82) is 0 Å². The van der Waals surface area contributed by atoms with Gasteiger partial charge in [-0.3, -0.25) is 0 Å². The zero-order valence-corrected chi connectivity index (χ0v) is 9.81. The van der Waals surface area contributed by atoms with Crippen LogP contribution in [0.25, 0.3) is 0 Å². The van der Waals surface area contributed by atoms with E-state index in [1.165, 1.54) is 6.20 Å². The van der Waals surface area contributed by atoms with Crippen molar-refractivity contribution in [3.8, 4) is 11.6 Å². The van der Waals surface area contributed by atoms with Crippen molar-refractivity contribution in [1.82, 2.24) is 9.97 Å². The van der Waals surface area contributed by atoms with E-state index in [-0.39, 0.29) is 11.6 Å². The number of halogens is 1. The van der Waals surface area contributed by atoms with Gasteiger partial charge < -0.3 is 16.2 Å². The van der Waals surface area contributed by atoms with E-state index in [0.29, 0.717) is 11.6 Å². The third-order valence-electron chi connectivity index (χ3n) is 1.83. The highest BCUT2D eigenvalue weighted by Crippen LogP contribution is 2.23. The van der Waals surface area contributed by atoms with Crippen molar-refractivity contribution in [3.63, 3.8) is 0 Å². The molecule has 0 aliphatic rings. The standard InChI is InChI=1S/C10H9BrN4O/c11-6-2-1-3-7(4-6)16-8-5-14-9(12)10(13)15-8/h1-5H,(H2,12,14)(H2,13,15). The van der Waals surface area contributed by atoms with Crippen molar-refractivity contribution >= 4 is 27.6 Å². The lowest BCUT2D eigenvalue weighted by Crippen LogP contribution is -2.01. The molecule has 82 valence electrons. The third kappa shape index (κ3) is 2.40. The molecule has 2 aromatic rings. The Morgan fingerprint density at radius 3 is 2.69 bits per heavy atom. The lowest BCUT2D eigenvalue weighted by Gasteiger charge is -2.05. The van der Waals surface area contributed by atoms with Gasteiger partial charge in [0.15, 0.2) is 11.6 Å². The van der Waals surface area contributed by atoms with Crippen LogP contribution in [0.5, 0.6) is 11.6 Å². The lowest BCUT2D eigenvalue weighted by atomic mass is 10.3. The highest BCUT2D eigenvalue weighted by Gasteiger charge is 2.03. The third-order valence-corrected chi connectivity index (χ3v) is 2.32. The maximum absolute atomic E-state index is 5.52. The maximum atomic E-state index is 5.52. The molecule has 0 aliphatic heterocycles. The van der Waals surface area contributed by atoms with Gasteiger partial charge in [0.25, 0.3) is 0 Å². The fraction of sp³-hybridized carbons (Fsp3) is 0. The highest BCUT2D eigenvalue weighted by atomic mass is 79.9. The molecule has 0 saturated heterocycles. The van der Waals surface area contributed by atoms with Gasteiger partial charge in [-0.25, -0.2) is 4.98 Å². The van der Waals surface area contributed by atoms with Crippen LogP contribution < -0.4 is 16.2 Å². The Morgan fingerprint density at radius 2 is 2.00 bits per heavy atom. The monoisotopic (exact) mass is 280 g/mol. The number of nitrogens with zero attached hydrogens (tertiary/aromatic N) is 2. The molecule has 1 aromatic heterocycles. The summed E-state index contributed by atoms with van der Waals surface area (Å²) in [4.78, 5) is 7.80. The van der Waals surface area contributed by atoms with Gasteiger partial charge >= 0.3 is 0 Å². The van der Waals surface area contributed by atoms with E-state index in [9.17, 15) is 0 Å². The average Bonchev–Trinajstić information content (AvgIpc) is 2.24. The molecule has 4 N–H and O–H groups in total. The minimum absolute atomic E-state index is 0.160. The summed E-state index contributed by atoms with van der Waals surface area (Å²) in [5, 5.41) is 0. The quantitative estimate of drug-likeness (QED) is 0.881. The summed E-state index contributed by atoms with van der Waals surface area (Å²) in [7, 11) is 0. The summed E-state index contributed by atoms with van der Waals surface area (Å²) in [6, 6.07) is 7.37. The fourth-order valence-corrected chi connectivity index (χ4v) is 1.47. The number of benzene rings is 1. The summed E-state index contributed by atoms with van der Waals surface area (Å²) >= 11 is 3.34. The van der Waals surface area contributed by atoms with Crippen LogP contribution in [0.3, 0.4) is 0 Å². The maximum Gasteiger partial charge on any atom is 0.239 e. The van der Waals surface area contributed by atoms with E-state index in [4.69, 9.17) is 16.2 Å². The molecule has 0 amide bonds. The van der Waals surface area contributed by atoms with E-state index in [0.717, 1.165) is 4.47 Å². The summed E-state index contributed by atoms with van der Waals surface area (Å²) in [6.45, 7) is 0. The molecular weight excluding hydrogens is 272 g/mol. The van der Waals surface area contributed by atoms with Crippen LogP contribution in [0.15, 0.2) is 34.9 Å². The summed E-state index contributed by atoms with van der Waals surface area (Å²) in [5.74, 6) is 1.31. The molecule has 16 heavy (non-hydrogen) atoms. The first-order valence-electron chi connectivity index (χ1n) is 4.46. The molecule has 1 aromatic carbocycles. The smallest absolute Gasteiger partial charge is 0.239 e. The van der Waals surface area contributed by atoms with Gasteiger partial charge in [0.2, 0.25) is 5.88 Å². The second kappa shape index (κ2) is 4.36. The van der Waals surface area contributed by atoms with Gasteiger partial charge in [-0.15, -0.1) is 0 Å². The van der Waals surface area contributed by atoms with Gasteiger partial charge in [0.05, 0.1) is 6.20 Å². The van der Waals surface area contributed by atoms with Gasteiger partial charge in [-0.2, -0.15) is 4.98 Å². The first-order valence-corrected chi connectivity index (χ1v) is 5.26. The number of nitrogens with two attached hydrogens (primary N) is 2. The summed E-state index contributed by atoms with van der Waals surface area (Å²) < 4.78 is 6.37. The number of ether oxygens (including phenoxy) is 1. The minimum atomic E-state index is 0.160. The summed E-state index contributed by atoms with van der Waals surface area (Å²) in [6.07, 6.45) is 1.42. The lowest BCUT2D eigenvalue weighted by molar-refractivity contribution is 0.461. The molecule has 0 saturated carbocycles. The van der Waals surface area contributed by atoms with Crippen molar-refractivity contribution in [2.24, 2.45) is 0 Å². The van der Waals surface area contributed by atoms with Crippen molar-refractivity contribution < 1.29 is 4.74 Å². The molecule has 0 bridgehead atoms. The normalized spacial score (nSPS) is 10.1. The van der Waals surface area contributed by atoms with Crippen LogP contribution in [0.4, 0.5) is 11.6 Å². The topological polar surface area (TPSA) is 87.0 Å². The molecule has 0 spiro atoms. The van der Waals surface area contributed by atoms with Crippen LogP contribution in [-0.4, -0.2) is 9.97 Å². The van der Waals surface area contributed by atoms with Gasteiger partial charge in [-0.05, 0) is 18.2 Å². The number of anilines is 2. The predicted octanol–water partition coefficient (Wildman–Crippen LogP) is 2.20. The number of nitrogen functional groups attached to an aromatic ring is 2. The van der Waals surface area contributed by atoms with E-state index in [1.54, 1.807) is 6.07 Å². The Balaban J connectivity index is 2.24. The van der Waals surface area contributed by atoms with Crippen molar-refractivity contribution in [3.05, 3.63) is 34.9 Å². The molecular formula is C10H9BrN4O. The summed E-state index contributed by atoms with van der Waals surface area (Å²) in [5.41, 5.74) is 11.0. The second-order valence-corrected chi connectivity index (χ2v) is 3.95.